The first-order chi connectivity index (χ1) is 33.0. The van der Waals surface area contributed by atoms with Gasteiger partial charge in [-0.15, -0.1) is 0 Å². The van der Waals surface area contributed by atoms with Crippen molar-refractivity contribution in [2.45, 2.75) is 207 Å². The summed E-state index contributed by atoms with van der Waals surface area (Å²) in [6.45, 7) is 6.32. The first kappa shape index (κ1) is 62.3. The summed E-state index contributed by atoms with van der Waals surface area (Å²) >= 11 is 0. The number of unbranched alkanes of at least 4 members (excludes halogenated alkanes) is 16. The van der Waals surface area contributed by atoms with E-state index in [9.17, 15) is 14.4 Å². The summed E-state index contributed by atoms with van der Waals surface area (Å²) in [5.41, 5.74) is 0. The largest absolute Gasteiger partial charge is 0.462 e. The average Bonchev–Trinajstić information content (AvgIpc) is 3.33. The van der Waals surface area contributed by atoms with Gasteiger partial charge in [-0.3, -0.25) is 14.4 Å². The number of rotatable bonds is 45. The van der Waals surface area contributed by atoms with Crippen LogP contribution in [0.2, 0.25) is 0 Å². The molecular formula is C61H94O6. The highest BCUT2D eigenvalue weighted by atomic mass is 16.6. The molecule has 0 saturated heterocycles. The summed E-state index contributed by atoms with van der Waals surface area (Å²) in [4.78, 5) is 38.0. The Balaban J connectivity index is 4.66. The van der Waals surface area contributed by atoms with Crippen molar-refractivity contribution in [1.82, 2.24) is 0 Å². The van der Waals surface area contributed by atoms with E-state index in [0.29, 0.717) is 19.3 Å². The summed E-state index contributed by atoms with van der Waals surface area (Å²) < 4.78 is 16.7. The fourth-order valence-corrected chi connectivity index (χ4v) is 6.55. The van der Waals surface area contributed by atoms with E-state index in [1.807, 2.05) is 79.0 Å². The van der Waals surface area contributed by atoms with Crippen molar-refractivity contribution in [2.24, 2.45) is 0 Å². The number of allylic oxidation sites excluding steroid dienone is 24. The Hall–Kier alpha value is -4.71. The van der Waals surface area contributed by atoms with Crippen molar-refractivity contribution in [3.63, 3.8) is 0 Å². The lowest BCUT2D eigenvalue weighted by molar-refractivity contribution is -0.166. The highest BCUT2D eigenvalue weighted by Gasteiger charge is 2.19. The maximum atomic E-state index is 12.8. The minimum atomic E-state index is -0.852. The minimum Gasteiger partial charge on any atom is -0.462 e. The fraction of sp³-hybridized carbons (Fsp3) is 0.557. The molecule has 0 aliphatic carbocycles. The molecule has 0 amide bonds. The van der Waals surface area contributed by atoms with Gasteiger partial charge in [-0.1, -0.05) is 237 Å². The Morgan fingerprint density at radius 3 is 1.18 bits per heavy atom. The van der Waals surface area contributed by atoms with Gasteiger partial charge in [0.2, 0.25) is 0 Å². The predicted molar refractivity (Wildman–Crippen MR) is 288 cm³/mol. The van der Waals surface area contributed by atoms with Crippen LogP contribution in [-0.4, -0.2) is 37.2 Å². The van der Waals surface area contributed by atoms with Crippen molar-refractivity contribution in [2.75, 3.05) is 13.2 Å². The third-order valence-electron chi connectivity index (χ3n) is 10.5. The van der Waals surface area contributed by atoms with Gasteiger partial charge in [0.05, 0.1) is 0 Å². The number of hydrogen-bond acceptors (Lipinski definition) is 6. The lowest BCUT2D eigenvalue weighted by Crippen LogP contribution is -2.30. The number of esters is 3. The maximum Gasteiger partial charge on any atom is 0.306 e. The molecule has 1 unspecified atom stereocenters. The molecule has 0 aliphatic rings. The number of carbonyl (C=O) groups excluding carboxylic acids is 3. The smallest absolute Gasteiger partial charge is 0.306 e. The molecule has 0 bridgehead atoms. The molecule has 0 heterocycles. The van der Waals surface area contributed by atoms with Crippen LogP contribution in [0.5, 0.6) is 0 Å². The lowest BCUT2D eigenvalue weighted by atomic mass is 10.1. The second-order valence-corrected chi connectivity index (χ2v) is 16.9. The summed E-state index contributed by atoms with van der Waals surface area (Å²) in [6, 6.07) is 0. The summed E-state index contributed by atoms with van der Waals surface area (Å²) in [5, 5.41) is 0. The Morgan fingerprint density at radius 2 is 0.687 bits per heavy atom. The number of hydrogen-bond donors (Lipinski definition) is 0. The molecule has 0 aromatic carbocycles. The predicted octanol–water partition coefficient (Wildman–Crippen LogP) is 17.6. The first-order valence-electron chi connectivity index (χ1n) is 26.4. The minimum absolute atomic E-state index is 0.145. The topological polar surface area (TPSA) is 78.9 Å². The molecule has 0 N–H and O–H groups in total. The fourth-order valence-electron chi connectivity index (χ4n) is 6.55. The molecule has 0 aromatic rings. The van der Waals surface area contributed by atoms with Gasteiger partial charge in [0, 0.05) is 19.3 Å². The van der Waals surface area contributed by atoms with Gasteiger partial charge in [0.25, 0.3) is 0 Å². The zero-order chi connectivity index (χ0) is 48.6. The van der Waals surface area contributed by atoms with E-state index >= 15 is 0 Å². The van der Waals surface area contributed by atoms with E-state index in [-0.39, 0.29) is 44.4 Å². The molecule has 0 saturated carbocycles. The van der Waals surface area contributed by atoms with Crippen LogP contribution in [0.15, 0.2) is 146 Å². The summed E-state index contributed by atoms with van der Waals surface area (Å²) in [6.07, 6.45) is 77.0. The van der Waals surface area contributed by atoms with Crippen molar-refractivity contribution < 1.29 is 28.6 Å². The highest BCUT2D eigenvalue weighted by Crippen LogP contribution is 2.11. The van der Waals surface area contributed by atoms with E-state index in [1.54, 1.807) is 0 Å². The summed E-state index contributed by atoms with van der Waals surface area (Å²) in [7, 11) is 0. The molecule has 374 valence electrons. The van der Waals surface area contributed by atoms with Crippen LogP contribution in [0, 0.1) is 0 Å². The van der Waals surface area contributed by atoms with Crippen LogP contribution in [0.1, 0.15) is 201 Å². The Bertz CT molecular complexity index is 1530. The van der Waals surface area contributed by atoms with Gasteiger partial charge in [-0.05, 0) is 89.9 Å². The normalized spacial score (nSPS) is 13.3. The second kappa shape index (κ2) is 53.9. The zero-order valence-corrected chi connectivity index (χ0v) is 42.6. The van der Waals surface area contributed by atoms with E-state index in [1.165, 1.54) is 83.5 Å². The van der Waals surface area contributed by atoms with Crippen LogP contribution in [0.4, 0.5) is 0 Å². The van der Waals surface area contributed by atoms with Crippen LogP contribution >= 0.6 is 0 Å². The van der Waals surface area contributed by atoms with Gasteiger partial charge in [-0.2, -0.15) is 0 Å². The molecule has 0 spiro atoms. The van der Waals surface area contributed by atoms with E-state index < -0.39 is 12.1 Å². The molecule has 1 atom stereocenters. The van der Waals surface area contributed by atoms with Crippen molar-refractivity contribution in [3.8, 4) is 0 Å². The lowest BCUT2D eigenvalue weighted by Gasteiger charge is -2.18. The van der Waals surface area contributed by atoms with Gasteiger partial charge in [-0.25, -0.2) is 0 Å². The number of carbonyl (C=O) groups is 3. The van der Waals surface area contributed by atoms with E-state index in [4.69, 9.17) is 14.2 Å². The molecule has 6 heteroatoms. The maximum absolute atomic E-state index is 12.8. The molecule has 67 heavy (non-hydrogen) atoms. The first-order valence-corrected chi connectivity index (χ1v) is 26.4. The third kappa shape index (κ3) is 52.1. The van der Waals surface area contributed by atoms with Crippen molar-refractivity contribution in [3.05, 3.63) is 146 Å². The van der Waals surface area contributed by atoms with E-state index in [0.717, 1.165) is 57.8 Å². The van der Waals surface area contributed by atoms with E-state index in [2.05, 4.69) is 87.6 Å². The molecular weight excluding hydrogens is 829 g/mol. The van der Waals surface area contributed by atoms with Crippen LogP contribution in [-0.2, 0) is 28.6 Å². The van der Waals surface area contributed by atoms with Crippen LogP contribution in [0.25, 0.3) is 0 Å². The molecule has 0 aromatic heterocycles. The van der Waals surface area contributed by atoms with Gasteiger partial charge >= 0.3 is 17.9 Å². The molecule has 6 nitrogen and oxygen atoms in total. The second-order valence-electron chi connectivity index (χ2n) is 16.9. The standard InChI is InChI=1S/C61H94O6/c1-4-7-10-13-16-19-22-25-27-29-30-32-33-36-39-42-45-48-51-54-60(63)66-57-58(56-65-59(62)53-50-47-44-41-38-35-24-21-18-15-12-9-6-3)67-61(64)55-52-49-46-43-40-37-34-31-28-26-23-20-17-14-11-8-5-2/h7,10,13,16,19,22,25-30,32-39,43-44,46-47,58H,4-6,8-9,11-12,14-15,17-18,20-21,23-24,31,40-42,45,48-57H2,1-3H3/b10-7+,16-13+,22-19+,27-25+,28-26+,30-29+,33-32+,37-34+,38-35+,39-36+,46-43+,47-44+. The Labute approximate surface area is 410 Å². The van der Waals surface area contributed by atoms with Gasteiger partial charge in [0.15, 0.2) is 6.10 Å². The molecule has 0 aliphatic heterocycles. The Morgan fingerprint density at radius 1 is 0.328 bits per heavy atom. The third-order valence-corrected chi connectivity index (χ3v) is 10.5. The SMILES string of the molecule is CC/C=C/C=C/C=C/C=C/C=C/C=C/C=C/CCCCCC(=O)OCC(COC(=O)CC/C=C/C/C=C/CCCCCCCC)OC(=O)CCC/C=C/C/C=C/C/C=C/CCCCCCCC. The quantitative estimate of drug-likeness (QED) is 0.0199. The molecule has 0 radical (unpaired) electrons. The van der Waals surface area contributed by atoms with Gasteiger partial charge < -0.3 is 14.2 Å². The Kier molecular flexibility index (Phi) is 50.1. The monoisotopic (exact) mass is 923 g/mol. The van der Waals surface area contributed by atoms with Crippen molar-refractivity contribution in [1.29, 1.82) is 0 Å². The zero-order valence-electron chi connectivity index (χ0n) is 42.6. The molecule has 0 fully saturated rings. The van der Waals surface area contributed by atoms with Crippen LogP contribution in [0.3, 0.4) is 0 Å². The van der Waals surface area contributed by atoms with Crippen LogP contribution < -0.4 is 0 Å². The average molecular weight is 923 g/mol. The molecule has 0 rings (SSSR count). The highest BCUT2D eigenvalue weighted by molar-refractivity contribution is 5.71. The summed E-state index contributed by atoms with van der Waals surface area (Å²) in [5.74, 6) is -1.12. The van der Waals surface area contributed by atoms with Gasteiger partial charge in [0.1, 0.15) is 13.2 Å². The number of ether oxygens (including phenoxy) is 3. The van der Waals surface area contributed by atoms with Crippen molar-refractivity contribution >= 4 is 17.9 Å².